The minimum absolute atomic E-state index is 0.651. The van der Waals surface area contributed by atoms with Crippen LogP contribution in [0, 0.1) is 0 Å². The molecule has 0 saturated heterocycles. The van der Waals surface area contributed by atoms with Gasteiger partial charge in [0.2, 0.25) is 5.95 Å². The summed E-state index contributed by atoms with van der Waals surface area (Å²) in [5.74, 6) is 0.651. The van der Waals surface area contributed by atoms with Gasteiger partial charge >= 0.3 is 0 Å². The molecule has 47 heavy (non-hydrogen) atoms. The van der Waals surface area contributed by atoms with Crippen molar-refractivity contribution in [3.8, 4) is 17.2 Å². The maximum absolute atomic E-state index is 5.25. The van der Waals surface area contributed by atoms with E-state index in [1.807, 2.05) is 18.2 Å². The Labute approximate surface area is 272 Å². The quantitative estimate of drug-likeness (QED) is 0.202. The Morgan fingerprint density at radius 2 is 1.13 bits per heavy atom. The summed E-state index contributed by atoms with van der Waals surface area (Å²) in [4.78, 5) is 10.4. The van der Waals surface area contributed by atoms with Gasteiger partial charge in [-0.2, -0.15) is 0 Å². The molecule has 0 N–H and O–H groups in total. The number of nitrogens with zero attached hydrogens (tertiary/aromatic N) is 4. The normalized spacial score (nSPS) is 14.8. The average Bonchev–Trinajstić information content (AvgIpc) is 3.63. The smallest absolute Gasteiger partial charge is 0.235 e. The minimum Gasteiger partial charge on any atom is -0.309 e. The molecule has 222 valence electrons. The van der Waals surface area contributed by atoms with E-state index in [4.69, 9.17) is 9.97 Å². The van der Waals surface area contributed by atoms with Crippen LogP contribution in [0.15, 0.2) is 164 Å². The van der Waals surface area contributed by atoms with Crippen molar-refractivity contribution >= 4 is 55.4 Å². The first kappa shape index (κ1) is 27.1. The molecular formula is C43H30N4. The Morgan fingerprint density at radius 1 is 0.532 bits per heavy atom. The highest BCUT2D eigenvalue weighted by molar-refractivity contribution is 6.10. The molecule has 1 aliphatic rings. The summed E-state index contributed by atoms with van der Waals surface area (Å²) >= 11 is 0. The molecule has 0 saturated carbocycles. The third-order valence-electron chi connectivity index (χ3n) is 9.10. The molecule has 0 unspecified atom stereocenters. The summed E-state index contributed by atoms with van der Waals surface area (Å²) in [6.45, 7) is 4.48. The molecule has 8 aromatic rings. The van der Waals surface area contributed by atoms with E-state index < -0.39 is 0 Å². The number of para-hydroxylation sites is 4. The number of benzene rings is 5. The summed E-state index contributed by atoms with van der Waals surface area (Å²) in [6, 6.07) is 44.4. The van der Waals surface area contributed by atoms with Gasteiger partial charge in [0.1, 0.15) is 0 Å². The molecular weight excluding hydrogens is 573 g/mol. The second-order valence-corrected chi connectivity index (χ2v) is 11.9. The monoisotopic (exact) mass is 602 g/mol. The van der Waals surface area contributed by atoms with Crippen molar-refractivity contribution in [1.29, 1.82) is 0 Å². The molecule has 3 heterocycles. The van der Waals surface area contributed by atoms with Crippen molar-refractivity contribution in [1.82, 2.24) is 19.1 Å². The number of rotatable bonds is 3. The van der Waals surface area contributed by atoms with Crippen LogP contribution < -0.4 is 0 Å². The molecule has 5 aromatic carbocycles. The van der Waals surface area contributed by atoms with Gasteiger partial charge in [-0.3, -0.25) is 4.57 Å². The lowest BCUT2D eigenvalue weighted by Crippen LogP contribution is -2.06. The van der Waals surface area contributed by atoms with E-state index in [1.54, 1.807) is 0 Å². The maximum Gasteiger partial charge on any atom is 0.235 e. The number of hydrogen-bond donors (Lipinski definition) is 0. The van der Waals surface area contributed by atoms with Crippen molar-refractivity contribution in [2.24, 2.45) is 0 Å². The van der Waals surface area contributed by atoms with Crippen molar-refractivity contribution in [3.63, 3.8) is 0 Å². The van der Waals surface area contributed by atoms with Gasteiger partial charge in [0.15, 0.2) is 0 Å². The zero-order valence-electron chi connectivity index (χ0n) is 25.7. The molecule has 0 fully saturated rings. The lowest BCUT2D eigenvalue weighted by molar-refractivity contribution is 0.965. The van der Waals surface area contributed by atoms with Crippen LogP contribution >= 0.6 is 0 Å². The van der Waals surface area contributed by atoms with Crippen molar-refractivity contribution in [2.75, 3.05) is 0 Å². The van der Waals surface area contributed by atoms with Crippen LogP contribution in [0.1, 0.15) is 11.3 Å². The van der Waals surface area contributed by atoms with E-state index in [9.17, 15) is 0 Å². The second kappa shape index (κ2) is 11.0. The lowest BCUT2D eigenvalue weighted by atomic mass is 10.0. The van der Waals surface area contributed by atoms with Gasteiger partial charge in [0, 0.05) is 32.8 Å². The van der Waals surface area contributed by atoms with E-state index in [1.165, 1.54) is 32.8 Å². The molecule has 0 spiro atoms. The predicted molar refractivity (Wildman–Crippen MR) is 197 cm³/mol. The van der Waals surface area contributed by atoms with Crippen LogP contribution in [-0.4, -0.2) is 19.1 Å². The molecule has 0 atom stereocenters. The summed E-state index contributed by atoms with van der Waals surface area (Å²) in [5.41, 5.74) is 10.6. The largest absolute Gasteiger partial charge is 0.309 e. The number of hydrogen-bond acceptors (Lipinski definition) is 2. The standard InChI is InChI=1S/C43H30N4/c1-29-26-27-41-35(21-13-16-31(28-29)46-38-23-10-6-17-32(38)33-18-7-11-24-39(33)46)34-19-8-12-25-40(34)47(41)43-44-37-22-9-5-20-36(37)42(45-43)30-14-3-2-4-15-30/h2-20,22-28H,1,21H2/b16-13-,27-26-,31-28?. The second-order valence-electron chi connectivity index (χ2n) is 11.9. The van der Waals surface area contributed by atoms with Gasteiger partial charge < -0.3 is 4.57 Å². The van der Waals surface area contributed by atoms with Crippen LogP contribution in [0.4, 0.5) is 0 Å². The maximum atomic E-state index is 5.25. The Bertz CT molecular complexity index is 2560. The summed E-state index contributed by atoms with van der Waals surface area (Å²) in [5, 5.41) is 4.70. The topological polar surface area (TPSA) is 35.6 Å². The highest BCUT2D eigenvalue weighted by atomic mass is 15.2. The van der Waals surface area contributed by atoms with Gasteiger partial charge in [-0.25, -0.2) is 9.97 Å². The van der Waals surface area contributed by atoms with Crippen LogP contribution in [0.25, 0.3) is 72.6 Å². The SMILES string of the molecule is C=C1C=C(n2c3ccccc3c3ccccc32)/C=C\Cc2c(n(-c3nc(-c4ccccc4)c4ccccc4n3)c3ccccc23)/C=C\1. The Morgan fingerprint density at radius 3 is 1.85 bits per heavy atom. The van der Waals surface area contributed by atoms with Crippen LogP contribution in [0.3, 0.4) is 0 Å². The molecule has 0 aliphatic heterocycles. The molecule has 4 nitrogen and oxygen atoms in total. The summed E-state index contributed by atoms with van der Waals surface area (Å²) in [6.07, 6.45) is 11.7. The first-order valence-corrected chi connectivity index (χ1v) is 15.9. The molecule has 1 aliphatic carbocycles. The summed E-state index contributed by atoms with van der Waals surface area (Å²) < 4.78 is 4.56. The lowest BCUT2D eigenvalue weighted by Gasteiger charge is -2.13. The zero-order chi connectivity index (χ0) is 31.3. The van der Waals surface area contributed by atoms with E-state index in [-0.39, 0.29) is 0 Å². The van der Waals surface area contributed by atoms with E-state index >= 15 is 0 Å². The molecule has 0 radical (unpaired) electrons. The third kappa shape index (κ3) is 4.45. The molecule has 0 bridgehead atoms. The van der Waals surface area contributed by atoms with Gasteiger partial charge in [-0.1, -0.05) is 122 Å². The molecule has 3 aromatic heterocycles. The average molecular weight is 603 g/mol. The summed E-state index contributed by atoms with van der Waals surface area (Å²) in [7, 11) is 0. The Balaban J connectivity index is 1.24. The first-order valence-electron chi connectivity index (χ1n) is 15.9. The third-order valence-corrected chi connectivity index (χ3v) is 9.10. The van der Waals surface area contributed by atoms with Crippen LogP contribution in [0.5, 0.6) is 0 Å². The Kier molecular flexibility index (Phi) is 6.32. The first-order chi connectivity index (χ1) is 23.2. The van der Waals surface area contributed by atoms with E-state index in [0.717, 1.165) is 51.1 Å². The van der Waals surface area contributed by atoms with Crippen LogP contribution in [0.2, 0.25) is 0 Å². The van der Waals surface area contributed by atoms with Gasteiger partial charge in [0.25, 0.3) is 0 Å². The van der Waals surface area contributed by atoms with Crippen LogP contribution in [-0.2, 0) is 6.42 Å². The fourth-order valence-corrected chi connectivity index (χ4v) is 7.02. The van der Waals surface area contributed by atoms with Crippen molar-refractivity contribution < 1.29 is 0 Å². The van der Waals surface area contributed by atoms with Gasteiger partial charge in [-0.05, 0) is 60.1 Å². The Hall–Kier alpha value is -6.26. The van der Waals surface area contributed by atoms with Gasteiger partial charge in [0.05, 0.1) is 33.5 Å². The number of fused-ring (bicyclic) bond motifs is 7. The molecule has 0 amide bonds. The van der Waals surface area contributed by atoms with E-state index in [0.29, 0.717) is 5.95 Å². The number of allylic oxidation sites excluding steroid dienone is 6. The minimum atomic E-state index is 0.651. The highest BCUT2D eigenvalue weighted by Crippen LogP contribution is 2.36. The fraction of sp³-hybridized carbons (Fsp3) is 0.0233. The van der Waals surface area contributed by atoms with Crippen molar-refractivity contribution in [3.05, 3.63) is 175 Å². The highest BCUT2D eigenvalue weighted by Gasteiger charge is 2.20. The zero-order valence-corrected chi connectivity index (χ0v) is 25.7. The van der Waals surface area contributed by atoms with Gasteiger partial charge in [-0.15, -0.1) is 0 Å². The molecule has 9 rings (SSSR count). The fourth-order valence-electron chi connectivity index (χ4n) is 7.02. The molecule has 4 heteroatoms. The predicted octanol–water partition coefficient (Wildman–Crippen LogP) is 10.6. The number of aromatic nitrogens is 4. The van der Waals surface area contributed by atoms with E-state index in [2.05, 4.69) is 155 Å². The van der Waals surface area contributed by atoms with Crippen molar-refractivity contribution in [2.45, 2.75) is 6.42 Å².